The number of carboxylic acid groups (broad SMARTS) is 1. The fourth-order valence-electron chi connectivity index (χ4n) is 0.936. The van der Waals surface area contributed by atoms with E-state index in [0.717, 1.165) is 11.5 Å². The van der Waals surface area contributed by atoms with Crippen LogP contribution in [0.4, 0.5) is 0 Å². The van der Waals surface area contributed by atoms with Crippen molar-refractivity contribution < 1.29 is 15.0 Å². The van der Waals surface area contributed by atoms with Crippen molar-refractivity contribution in [2.45, 2.75) is 19.1 Å². The summed E-state index contributed by atoms with van der Waals surface area (Å²) in [6, 6.07) is 0. The molecule has 0 spiro atoms. The van der Waals surface area contributed by atoms with Crippen LogP contribution in [0, 0.1) is 0 Å². The number of aliphatic hydroxyl groups is 1. The number of nitrogens with zero attached hydrogens (tertiary/aromatic N) is 2. The summed E-state index contributed by atoms with van der Waals surface area (Å²) < 4.78 is 1.24. The Morgan fingerprint density at radius 1 is 1.73 bits per heavy atom. The Bertz CT molecular complexity index is 441. The molecule has 1 unspecified atom stereocenters. The predicted octanol–water partition coefficient (Wildman–Crippen LogP) is -0.159. The average Bonchev–Trinajstić information content (AvgIpc) is 2.12. The first kappa shape index (κ1) is 11.9. The van der Waals surface area contributed by atoms with Crippen LogP contribution in [-0.4, -0.2) is 31.3 Å². The molecular formula is C8H9BrN2O4. The van der Waals surface area contributed by atoms with E-state index in [1.807, 2.05) is 0 Å². The standard InChI is InChI=1S/C8H9BrN2O4/c1-8(15,7(13)14)3-11-4-10-2-5(9)6(11)12/h2,4,15H,3H2,1H3,(H,13,14). The van der Waals surface area contributed by atoms with Gasteiger partial charge >= 0.3 is 5.97 Å². The third-order valence-electron chi connectivity index (χ3n) is 1.80. The number of carbonyl (C=O) groups is 1. The van der Waals surface area contributed by atoms with Crippen LogP contribution in [0.2, 0.25) is 0 Å². The molecule has 0 aromatic carbocycles. The summed E-state index contributed by atoms with van der Waals surface area (Å²) in [4.78, 5) is 25.8. The van der Waals surface area contributed by atoms with Crippen LogP contribution in [0.1, 0.15) is 6.92 Å². The average molecular weight is 277 g/mol. The lowest BCUT2D eigenvalue weighted by molar-refractivity contribution is -0.157. The molecule has 1 heterocycles. The zero-order chi connectivity index (χ0) is 11.6. The second-order valence-corrected chi connectivity index (χ2v) is 4.11. The monoisotopic (exact) mass is 276 g/mol. The zero-order valence-corrected chi connectivity index (χ0v) is 9.43. The summed E-state index contributed by atoms with van der Waals surface area (Å²) in [5, 5.41) is 18.1. The van der Waals surface area contributed by atoms with Gasteiger partial charge in [0.1, 0.15) is 4.47 Å². The fourth-order valence-corrected chi connectivity index (χ4v) is 1.28. The molecule has 1 rings (SSSR count). The highest BCUT2D eigenvalue weighted by molar-refractivity contribution is 9.10. The Kier molecular flexibility index (Phi) is 3.25. The second-order valence-electron chi connectivity index (χ2n) is 3.25. The highest BCUT2D eigenvalue weighted by Crippen LogP contribution is 2.07. The third-order valence-corrected chi connectivity index (χ3v) is 2.34. The van der Waals surface area contributed by atoms with E-state index in [2.05, 4.69) is 20.9 Å². The maximum Gasteiger partial charge on any atom is 0.337 e. The normalized spacial score (nSPS) is 14.6. The number of carboxylic acids is 1. The molecule has 7 heteroatoms. The smallest absolute Gasteiger partial charge is 0.337 e. The lowest BCUT2D eigenvalue weighted by Crippen LogP contribution is -2.42. The number of aromatic nitrogens is 2. The van der Waals surface area contributed by atoms with Crippen LogP contribution in [0.25, 0.3) is 0 Å². The molecule has 0 aliphatic heterocycles. The van der Waals surface area contributed by atoms with Crippen molar-refractivity contribution in [1.82, 2.24) is 9.55 Å². The quantitative estimate of drug-likeness (QED) is 0.801. The number of rotatable bonds is 3. The molecular weight excluding hydrogens is 268 g/mol. The number of hydrogen-bond donors (Lipinski definition) is 2. The summed E-state index contributed by atoms with van der Waals surface area (Å²) in [7, 11) is 0. The van der Waals surface area contributed by atoms with Gasteiger partial charge in [-0.25, -0.2) is 9.78 Å². The van der Waals surface area contributed by atoms with Crippen molar-refractivity contribution in [3.63, 3.8) is 0 Å². The molecule has 0 aliphatic rings. The Balaban J connectivity index is 3.06. The molecule has 15 heavy (non-hydrogen) atoms. The van der Waals surface area contributed by atoms with Gasteiger partial charge in [-0.05, 0) is 22.9 Å². The molecule has 0 saturated carbocycles. The molecule has 82 valence electrons. The summed E-state index contributed by atoms with van der Waals surface area (Å²) in [6.45, 7) is 0.760. The van der Waals surface area contributed by atoms with Gasteiger partial charge in [0.15, 0.2) is 5.60 Å². The highest BCUT2D eigenvalue weighted by Gasteiger charge is 2.30. The number of halogens is 1. The molecule has 0 radical (unpaired) electrons. The van der Waals surface area contributed by atoms with Gasteiger partial charge in [-0.15, -0.1) is 0 Å². The van der Waals surface area contributed by atoms with Gasteiger partial charge < -0.3 is 10.2 Å². The van der Waals surface area contributed by atoms with Gasteiger partial charge in [-0.1, -0.05) is 0 Å². The molecule has 0 bridgehead atoms. The lowest BCUT2D eigenvalue weighted by Gasteiger charge is -2.18. The third kappa shape index (κ3) is 2.63. The van der Waals surface area contributed by atoms with Gasteiger partial charge in [0.05, 0.1) is 12.9 Å². The molecule has 0 amide bonds. The molecule has 0 saturated heterocycles. The van der Waals surface area contributed by atoms with E-state index in [9.17, 15) is 14.7 Å². The van der Waals surface area contributed by atoms with E-state index >= 15 is 0 Å². The first-order valence-electron chi connectivity index (χ1n) is 4.00. The topological polar surface area (TPSA) is 92.4 Å². The van der Waals surface area contributed by atoms with Gasteiger partial charge in [-0.3, -0.25) is 9.36 Å². The molecule has 6 nitrogen and oxygen atoms in total. The van der Waals surface area contributed by atoms with E-state index < -0.39 is 17.1 Å². The van der Waals surface area contributed by atoms with E-state index in [1.165, 1.54) is 12.5 Å². The summed E-state index contributed by atoms with van der Waals surface area (Å²) in [5.41, 5.74) is -2.43. The minimum atomic E-state index is -1.99. The van der Waals surface area contributed by atoms with E-state index in [4.69, 9.17) is 5.11 Å². The van der Waals surface area contributed by atoms with Crippen molar-refractivity contribution in [3.05, 3.63) is 27.4 Å². The summed E-state index contributed by atoms with van der Waals surface area (Å²) in [5.74, 6) is -1.39. The van der Waals surface area contributed by atoms with Gasteiger partial charge in [0, 0.05) is 6.20 Å². The van der Waals surface area contributed by atoms with Crippen LogP contribution in [0.15, 0.2) is 21.8 Å². The van der Waals surface area contributed by atoms with E-state index in [0.29, 0.717) is 0 Å². The summed E-state index contributed by atoms with van der Waals surface area (Å²) in [6.07, 6.45) is 2.47. The first-order valence-corrected chi connectivity index (χ1v) is 4.79. The molecule has 1 atom stereocenters. The Labute approximate surface area is 93.3 Å². The Hall–Kier alpha value is -1.21. The Morgan fingerprint density at radius 3 is 2.87 bits per heavy atom. The van der Waals surface area contributed by atoms with Crippen molar-refractivity contribution >= 4 is 21.9 Å². The number of aliphatic carboxylic acids is 1. The maximum absolute atomic E-state index is 11.4. The molecule has 2 N–H and O–H groups in total. The van der Waals surface area contributed by atoms with Crippen molar-refractivity contribution in [2.24, 2.45) is 0 Å². The van der Waals surface area contributed by atoms with Crippen LogP contribution in [0.3, 0.4) is 0 Å². The van der Waals surface area contributed by atoms with E-state index in [-0.39, 0.29) is 11.0 Å². The minimum Gasteiger partial charge on any atom is -0.479 e. The SMILES string of the molecule is CC(O)(Cn1cncc(Br)c1=O)C(=O)O. The van der Waals surface area contributed by atoms with Gasteiger partial charge in [0.25, 0.3) is 5.56 Å². The van der Waals surface area contributed by atoms with Crippen molar-refractivity contribution in [3.8, 4) is 0 Å². The molecule has 1 aromatic rings. The highest BCUT2D eigenvalue weighted by atomic mass is 79.9. The summed E-state index contributed by atoms with van der Waals surface area (Å²) >= 11 is 2.97. The largest absolute Gasteiger partial charge is 0.479 e. The molecule has 0 fully saturated rings. The first-order chi connectivity index (χ1) is 6.84. The lowest BCUT2D eigenvalue weighted by atomic mass is 10.1. The van der Waals surface area contributed by atoms with Gasteiger partial charge in [0.2, 0.25) is 0 Å². The van der Waals surface area contributed by atoms with Crippen LogP contribution >= 0.6 is 15.9 Å². The predicted molar refractivity (Wildman–Crippen MR) is 54.5 cm³/mol. The van der Waals surface area contributed by atoms with E-state index in [1.54, 1.807) is 0 Å². The molecule has 0 aliphatic carbocycles. The fraction of sp³-hybridized carbons (Fsp3) is 0.375. The van der Waals surface area contributed by atoms with Crippen LogP contribution in [-0.2, 0) is 11.3 Å². The van der Waals surface area contributed by atoms with Crippen molar-refractivity contribution in [1.29, 1.82) is 0 Å². The van der Waals surface area contributed by atoms with Crippen LogP contribution in [0.5, 0.6) is 0 Å². The van der Waals surface area contributed by atoms with Crippen LogP contribution < -0.4 is 5.56 Å². The molecule has 1 aromatic heterocycles. The van der Waals surface area contributed by atoms with Gasteiger partial charge in [-0.2, -0.15) is 0 Å². The Morgan fingerprint density at radius 2 is 2.33 bits per heavy atom. The maximum atomic E-state index is 11.4. The zero-order valence-electron chi connectivity index (χ0n) is 7.85. The number of hydrogen-bond acceptors (Lipinski definition) is 4. The second kappa shape index (κ2) is 4.11. The minimum absolute atomic E-state index is 0.214. The van der Waals surface area contributed by atoms with Crippen molar-refractivity contribution in [2.75, 3.05) is 0 Å².